The van der Waals surface area contributed by atoms with Gasteiger partial charge in [0.05, 0.1) is 0 Å². The second kappa shape index (κ2) is 9.50. The van der Waals surface area contributed by atoms with Gasteiger partial charge in [-0.15, -0.1) is 24.0 Å². The smallest absolute Gasteiger partial charge is 0.231 e. The van der Waals surface area contributed by atoms with E-state index in [2.05, 4.69) is 46.8 Å². The van der Waals surface area contributed by atoms with Crippen LogP contribution in [0.15, 0.2) is 53.5 Å². The van der Waals surface area contributed by atoms with Crippen molar-refractivity contribution in [3.05, 3.63) is 59.7 Å². The van der Waals surface area contributed by atoms with Gasteiger partial charge in [-0.3, -0.25) is 4.99 Å². The lowest BCUT2D eigenvalue weighted by Gasteiger charge is -2.16. The minimum absolute atomic E-state index is 0. The van der Waals surface area contributed by atoms with Crippen LogP contribution in [0.1, 0.15) is 24.0 Å². The van der Waals surface area contributed by atoms with Crippen LogP contribution in [0.5, 0.6) is 11.5 Å². The Bertz CT molecular complexity index is 707. The highest BCUT2D eigenvalue weighted by molar-refractivity contribution is 14.0. The molecule has 0 saturated carbocycles. The van der Waals surface area contributed by atoms with Crippen LogP contribution in [0.3, 0.4) is 0 Å². The van der Waals surface area contributed by atoms with Gasteiger partial charge in [0, 0.05) is 20.1 Å². The molecule has 0 saturated heterocycles. The molecule has 3 rings (SSSR count). The Kier molecular flexibility index (Phi) is 7.36. The summed E-state index contributed by atoms with van der Waals surface area (Å²) in [4.78, 5) is 4.28. The van der Waals surface area contributed by atoms with E-state index in [1.807, 2.05) is 24.3 Å². The van der Waals surface area contributed by atoms with Crippen molar-refractivity contribution in [2.24, 2.45) is 4.99 Å². The Morgan fingerprint density at radius 3 is 2.60 bits per heavy atom. The minimum Gasteiger partial charge on any atom is -0.454 e. The third-order valence-electron chi connectivity index (χ3n) is 4.06. The second-order valence-electron chi connectivity index (χ2n) is 5.81. The van der Waals surface area contributed by atoms with Gasteiger partial charge < -0.3 is 20.1 Å². The van der Waals surface area contributed by atoms with Crippen molar-refractivity contribution >= 4 is 29.9 Å². The lowest BCUT2D eigenvalue weighted by atomic mass is 10.0. The van der Waals surface area contributed by atoms with Gasteiger partial charge in [-0.25, -0.2) is 0 Å². The van der Waals surface area contributed by atoms with Crippen molar-refractivity contribution in [2.45, 2.75) is 19.4 Å². The van der Waals surface area contributed by atoms with Gasteiger partial charge in [-0.2, -0.15) is 0 Å². The van der Waals surface area contributed by atoms with E-state index in [1.165, 1.54) is 5.56 Å². The molecule has 0 fully saturated rings. The minimum atomic E-state index is 0. The average Bonchev–Trinajstić information content (AvgIpc) is 3.10. The quantitative estimate of drug-likeness (QED) is 0.414. The Morgan fingerprint density at radius 2 is 1.84 bits per heavy atom. The van der Waals surface area contributed by atoms with E-state index >= 15 is 0 Å². The average molecular weight is 453 g/mol. The van der Waals surface area contributed by atoms with E-state index in [9.17, 15) is 0 Å². The summed E-state index contributed by atoms with van der Waals surface area (Å²) in [5.74, 6) is 2.80. The Morgan fingerprint density at radius 1 is 1.08 bits per heavy atom. The molecule has 0 bridgehead atoms. The highest BCUT2D eigenvalue weighted by Gasteiger charge is 2.13. The summed E-state index contributed by atoms with van der Waals surface area (Å²) in [6.45, 7) is 4.00. The summed E-state index contributed by atoms with van der Waals surface area (Å²) in [7, 11) is 1.78. The highest BCUT2D eigenvalue weighted by Crippen LogP contribution is 2.32. The molecule has 2 N–H and O–H groups in total. The lowest BCUT2D eigenvalue weighted by molar-refractivity contribution is 0.174. The van der Waals surface area contributed by atoms with E-state index < -0.39 is 0 Å². The van der Waals surface area contributed by atoms with Crippen molar-refractivity contribution < 1.29 is 9.47 Å². The van der Waals surface area contributed by atoms with Crippen molar-refractivity contribution in [1.82, 2.24) is 10.6 Å². The van der Waals surface area contributed by atoms with Crippen LogP contribution in [-0.2, 0) is 6.54 Å². The van der Waals surface area contributed by atoms with Gasteiger partial charge >= 0.3 is 0 Å². The summed E-state index contributed by atoms with van der Waals surface area (Å²) in [6.07, 6.45) is 0. The topological polar surface area (TPSA) is 54.9 Å². The second-order valence-corrected chi connectivity index (χ2v) is 5.81. The molecular weight excluding hydrogens is 429 g/mol. The third-order valence-corrected chi connectivity index (χ3v) is 4.06. The standard InChI is InChI=1S/C19H23N3O2.HI/c1-14(16-6-4-3-5-7-16)11-21-19(20-2)22-12-15-8-9-17-18(10-15)24-13-23-17;/h3-10,14H,11-13H2,1-2H3,(H2,20,21,22);1H. The monoisotopic (exact) mass is 453 g/mol. The van der Waals surface area contributed by atoms with E-state index in [4.69, 9.17) is 9.47 Å². The number of halogens is 1. The molecule has 134 valence electrons. The zero-order valence-electron chi connectivity index (χ0n) is 14.5. The number of hydrogen-bond donors (Lipinski definition) is 2. The summed E-state index contributed by atoms with van der Waals surface area (Å²) < 4.78 is 10.7. The largest absolute Gasteiger partial charge is 0.454 e. The predicted octanol–water partition coefficient (Wildman–Crippen LogP) is 3.50. The summed E-state index contributed by atoms with van der Waals surface area (Å²) in [5.41, 5.74) is 2.44. The predicted molar refractivity (Wildman–Crippen MR) is 111 cm³/mol. The number of fused-ring (bicyclic) bond motifs is 1. The molecule has 1 heterocycles. The van der Waals surface area contributed by atoms with Crippen LogP contribution in [-0.4, -0.2) is 26.3 Å². The van der Waals surface area contributed by atoms with Gasteiger partial charge in [0.1, 0.15) is 0 Å². The van der Waals surface area contributed by atoms with Crippen LogP contribution in [0, 0.1) is 0 Å². The molecule has 0 amide bonds. The maximum absolute atomic E-state index is 5.40. The van der Waals surface area contributed by atoms with E-state index in [1.54, 1.807) is 7.05 Å². The van der Waals surface area contributed by atoms with Gasteiger partial charge in [-0.05, 0) is 29.2 Å². The third kappa shape index (κ3) is 5.26. The fourth-order valence-corrected chi connectivity index (χ4v) is 2.61. The van der Waals surface area contributed by atoms with Gasteiger partial charge in [-0.1, -0.05) is 43.3 Å². The van der Waals surface area contributed by atoms with Crippen LogP contribution >= 0.6 is 24.0 Å². The van der Waals surface area contributed by atoms with Crippen molar-refractivity contribution in [1.29, 1.82) is 0 Å². The van der Waals surface area contributed by atoms with Crippen molar-refractivity contribution in [2.75, 3.05) is 20.4 Å². The molecular formula is C19H24IN3O2. The van der Waals surface area contributed by atoms with E-state index in [0.29, 0.717) is 19.3 Å². The molecule has 0 spiro atoms. The van der Waals surface area contributed by atoms with Crippen LogP contribution < -0.4 is 20.1 Å². The van der Waals surface area contributed by atoms with Gasteiger partial charge in [0.25, 0.3) is 0 Å². The first-order valence-electron chi connectivity index (χ1n) is 8.14. The van der Waals surface area contributed by atoms with Crippen molar-refractivity contribution in [3.8, 4) is 11.5 Å². The summed E-state index contributed by atoms with van der Waals surface area (Å²) in [6, 6.07) is 16.4. The fraction of sp³-hybridized carbons (Fsp3) is 0.316. The molecule has 25 heavy (non-hydrogen) atoms. The molecule has 0 aliphatic carbocycles. The molecule has 0 aromatic heterocycles. The molecule has 1 unspecified atom stereocenters. The molecule has 5 nitrogen and oxygen atoms in total. The first-order chi connectivity index (χ1) is 11.8. The van der Waals surface area contributed by atoms with E-state index in [0.717, 1.165) is 29.6 Å². The maximum atomic E-state index is 5.40. The number of hydrogen-bond acceptors (Lipinski definition) is 3. The zero-order valence-corrected chi connectivity index (χ0v) is 16.8. The number of rotatable bonds is 5. The molecule has 1 atom stereocenters. The molecule has 2 aromatic rings. The van der Waals surface area contributed by atoms with Crippen LogP contribution in [0.2, 0.25) is 0 Å². The fourth-order valence-electron chi connectivity index (χ4n) is 2.61. The number of nitrogens with zero attached hydrogens (tertiary/aromatic N) is 1. The summed E-state index contributed by atoms with van der Waals surface area (Å²) in [5, 5.41) is 6.70. The van der Waals surface area contributed by atoms with Gasteiger partial charge in [0.15, 0.2) is 17.5 Å². The first kappa shape index (κ1) is 19.4. The van der Waals surface area contributed by atoms with E-state index in [-0.39, 0.29) is 24.0 Å². The number of benzene rings is 2. The molecule has 6 heteroatoms. The Hall–Kier alpha value is -1.96. The van der Waals surface area contributed by atoms with Crippen LogP contribution in [0.4, 0.5) is 0 Å². The normalized spacial score (nSPS) is 13.8. The first-order valence-corrected chi connectivity index (χ1v) is 8.14. The zero-order chi connectivity index (χ0) is 16.8. The number of nitrogens with one attached hydrogen (secondary N) is 2. The number of guanidine groups is 1. The highest BCUT2D eigenvalue weighted by atomic mass is 127. The van der Waals surface area contributed by atoms with Crippen molar-refractivity contribution in [3.63, 3.8) is 0 Å². The summed E-state index contributed by atoms with van der Waals surface area (Å²) >= 11 is 0. The lowest BCUT2D eigenvalue weighted by Crippen LogP contribution is -2.38. The SMILES string of the molecule is CN=C(NCc1ccc2c(c1)OCO2)NCC(C)c1ccccc1.I. The Labute approximate surface area is 165 Å². The molecule has 1 aliphatic heterocycles. The molecule has 1 aliphatic rings. The van der Waals surface area contributed by atoms with Gasteiger partial charge in [0.2, 0.25) is 6.79 Å². The number of aliphatic imine (C=N–C) groups is 1. The molecule has 0 radical (unpaired) electrons. The Balaban J connectivity index is 0.00000225. The maximum Gasteiger partial charge on any atom is 0.231 e. The molecule has 2 aromatic carbocycles. The number of ether oxygens (including phenoxy) is 2. The van der Waals surface area contributed by atoms with Crippen LogP contribution in [0.25, 0.3) is 0 Å².